The van der Waals surface area contributed by atoms with E-state index >= 15 is 0 Å². The van der Waals surface area contributed by atoms with Crippen molar-refractivity contribution in [2.24, 2.45) is 4.99 Å². The Hall–Kier alpha value is -3.96. The van der Waals surface area contributed by atoms with Crippen molar-refractivity contribution in [3.63, 3.8) is 0 Å². The smallest absolute Gasteiger partial charge is 0.0723 e. The van der Waals surface area contributed by atoms with E-state index in [1.807, 2.05) is 72.9 Å². The molecule has 2 heteroatoms. The van der Waals surface area contributed by atoms with Crippen molar-refractivity contribution >= 4 is 5.71 Å². The van der Waals surface area contributed by atoms with Gasteiger partial charge in [0.05, 0.1) is 12.3 Å². The fraction of sp³-hybridized carbons (Fsp3) is 0.0370. The van der Waals surface area contributed by atoms with Crippen LogP contribution in [-0.4, -0.2) is 10.7 Å². The topological polar surface area (TPSA) is 25.2 Å². The third-order valence-electron chi connectivity index (χ3n) is 4.43. The van der Waals surface area contributed by atoms with Gasteiger partial charge in [0.15, 0.2) is 0 Å². The number of benzene rings is 3. The summed E-state index contributed by atoms with van der Waals surface area (Å²) >= 11 is 0. The predicted octanol–water partition coefficient (Wildman–Crippen LogP) is 5.52. The summed E-state index contributed by atoms with van der Waals surface area (Å²) in [5.41, 5.74) is 6.11. The maximum absolute atomic E-state index is 4.92. The van der Waals surface area contributed by atoms with Crippen molar-refractivity contribution in [3.8, 4) is 11.8 Å². The molecule has 0 bridgehead atoms. The first-order valence-corrected chi connectivity index (χ1v) is 9.55. The summed E-state index contributed by atoms with van der Waals surface area (Å²) in [4.78, 5) is 9.27. The van der Waals surface area contributed by atoms with E-state index in [-0.39, 0.29) is 0 Å². The van der Waals surface area contributed by atoms with Crippen molar-refractivity contribution in [1.82, 2.24) is 4.98 Å². The van der Waals surface area contributed by atoms with Gasteiger partial charge in [-0.1, -0.05) is 90.7 Å². The van der Waals surface area contributed by atoms with Crippen LogP contribution in [0.15, 0.2) is 114 Å². The number of hydrogen-bond donors (Lipinski definition) is 0. The fourth-order valence-electron chi connectivity index (χ4n) is 3.02. The molecule has 0 fully saturated rings. The summed E-state index contributed by atoms with van der Waals surface area (Å²) in [5.74, 6) is 6.37. The summed E-state index contributed by atoms with van der Waals surface area (Å²) in [5, 5.41) is 0. The molecule has 0 atom stereocenters. The molecule has 1 heterocycles. The Labute approximate surface area is 171 Å². The Kier molecular flexibility index (Phi) is 5.90. The van der Waals surface area contributed by atoms with Gasteiger partial charge in [-0.15, -0.1) is 0 Å². The summed E-state index contributed by atoms with van der Waals surface area (Å²) in [6.45, 7) is 0.549. The van der Waals surface area contributed by atoms with Gasteiger partial charge >= 0.3 is 0 Å². The Balaban J connectivity index is 1.60. The first kappa shape index (κ1) is 18.4. The summed E-state index contributed by atoms with van der Waals surface area (Å²) < 4.78 is 0. The molecule has 0 aliphatic carbocycles. The second-order valence-electron chi connectivity index (χ2n) is 6.59. The van der Waals surface area contributed by atoms with Crippen LogP contribution in [0.3, 0.4) is 0 Å². The molecule has 29 heavy (non-hydrogen) atoms. The Bertz CT molecular complexity index is 1110. The second-order valence-corrected chi connectivity index (χ2v) is 6.59. The molecule has 0 saturated heterocycles. The van der Waals surface area contributed by atoms with Gasteiger partial charge in [-0.25, -0.2) is 0 Å². The summed E-state index contributed by atoms with van der Waals surface area (Å²) in [6, 6.07) is 32.6. The number of aliphatic imine (C=N–C) groups is 1. The van der Waals surface area contributed by atoms with Crippen molar-refractivity contribution in [2.75, 3.05) is 0 Å². The van der Waals surface area contributed by atoms with E-state index < -0.39 is 0 Å². The highest BCUT2D eigenvalue weighted by Crippen LogP contribution is 2.13. The Morgan fingerprint density at radius 3 is 1.83 bits per heavy atom. The molecule has 0 amide bonds. The van der Waals surface area contributed by atoms with Gasteiger partial charge in [-0.3, -0.25) is 9.98 Å². The zero-order chi connectivity index (χ0) is 19.7. The van der Waals surface area contributed by atoms with Crippen LogP contribution in [0.4, 0.5) is 0 Å². The van der Waals surface area contributed by atoms with Gasteiger partial charge in [-0.05, 0) is 23.8 Å². The van der Waals surface area contributed by atoms with Crippen LogP contribution in [0.2, 0.25) is 0 Å². The highest BCUT2D eigenvalue weighted by atomic mass is 14.7. The lowest BCUT2D eigenvalue weighted by Gasteiger charge is -2.08. The Morgan fingerprint density at radius 1 is 0.655 bits per heavy atom. The maximum atomic E-state index is 4.92. The third-order valence-corrected chi connectivity index (χ3v) is 4.43. The molecule has 1 aromatic heterocycles. The highest BCUT2D eigenvalue weighted by Gasteiger charge is 2.06. The number of hydrogen-bond acceptors (Lipinski definition) is 2. The molecule has 0 saturated carbocycles. The molecule has 4 rings (SSSR count). The van der Waals surface area contributed by atoms with Crippen LogP contribution in [0, 0.1) is 11.8 Å². The number of aromatic nitrogens is 1. The predicted molar refractivity (Wildman–Crippen MR) is 119 cm³/mol. The number of rotatable bonds is 4. The monoisotopic (exact) mass is 372 g/mol. The van der Waals surface area contributed by atoms with Crippen LogP contribution >= 0.6 is 0 Å². The van der Waals surface area contributed by atoms with Crippen LogP contribution in [0.25, 0.3) is 0 Å². The van der Waals surface area contributed by atoms with Gasteiger partial charge in [0.2, 0.25) is 0 Å². The minimum atomic E-state index is 0.549. The largest absolute Gasteiger partial charge is 0.279 e. The van der Waals surface area contributed by atoms with E-state index in [9.17, 15) is 0 Å². The van der Waals surface area contributed by atoms with Gasteiger partial charge in [0.1, 0.15) is 0 Å². The van der Waals surface area contributed by atoms with E-state index in [0.717, 1.165) is 33.5 Å². The third kappa shape index (κ3) is 5.06. The average molecular weight is 372 g/mol. The van der Waals surface area contributed by atoms with Crippen molar-refractivity contribution in [1.29, 1.82) is 0 Å². The first-order chi connectivity index (χ1) is 14.4. The molecular formula is C27H20N2. The quantitative estimate of drug-likeness (QED) is 0.342. The molecule has 3 aromatic carbocycles. The maximum Gasteiger partial charge on any atom is 0.0723 e. The highest BCUT2D eigenvalue weighted by molar-refractivity contribution is 6.12. The molecule has 0 radical (unpaired) electrons. The SMILES string of the molecule is C(#Cc1cncc(CN=C(c2ccccc2)c2ccccc2)c1)c1ccccc1. The summed E-state index contributed by atoms with van der Waals surface area (Å²) in [6.07, 6.45) is 3.64. The molecule has 138 valence electrons. The Morgan fingerprint density at radius 2 is 1.21 bits per heavy atom. The van der Waals surface area contributed by atoms with Crippen LogP contribution in [0.5, 0.6) is 0 Å². The zero-order valence-electron chi connectivity index (χ0n) is 16.0. The fourth-order valence-corrected chi connectivity index (χ4v) is 3.02. The number of nitrogens with zero attached hydrogens (tertiary/aromatic N) is 2. The van der Waals surface area contributed by atoms with Gasteiger partial charge in [0, 0.05) is 34.6 Å². The van der Waals surface area contributed by atoms with E-state index in [1.54, 1.807) is 6.20 Å². The molecule has 0 N–H and O–H groups in total. The van der Waals surface area contributed by atoms with E-state index in [1.165, 1.54) is 0 Å². The molecule has 2 nitrogen and oxygen atoms in total. The first-order valence-electron chi connectivity index (χ1n) is 9.55. The van der Waals surface area contributed by atoms with Crippen LogP contribution in [-0.2, 0) is 6.54 Å². The lowest BCUT2D eigenvalue weighted by molar-refractivity contribution is 1.04. The van der Waals surface area contributed by atoms with Gasteiger partial charge in [0.25, 0.3) is 0 Å². The molecule has 0 aliphatic heterocycles. The minimum Gasteiger partial charge on any atom is -0.279 e. The average Bonchev–Trinajstić information content (AvgIpc) is 2.80. The second kappa shape index (κ2) is 9.30. The lowest BCUT2D eigenvalue weighted by Crippen LogP contribution is -2.04. The number of pyridine rings is 1. The van der Waals surface area contributed by atoms with E-state index in [4.69, 9.17) is 4.99 Å². The van der Waals surface area contributed by atoms with Gasteiger partial charge in [-0.2, -0.15) is 0 Å². The normalized spacial score (nSPS) is 9.93. The van der Waals surface area contributed by atoms with Crippen LogP contribution in [0.1, 0.15) is 27.8 Å². The zero-order valence-corrected chi connectivity index (χ0v) is 16.0. The van der Waals surface area contributed by atoms with Gasteiger partial charge < -0.3 is 0 Å². The standard InChI is InChI=1S/C27H20N2/c1-4-10-22(11-5-1)16-17-23-18-24(20-28-19-23)21-29-27(25-12-6-2-7-13-25)26-14-8-3-9-15-26/h1-15,18-20H,21H2. The van der Waals surface area contributed by atoms with Crippen molar-refractivity contribution in [3.05, 3.63) is 137 Å². The van der Waals surface area contributed by atoms with E-state index in [2.05, 4.69) is 47.2 Å². The minimum absolute atomic E-state index is 0.549. The van der Waals surface area contributed by atoms with Crippen molar-refractivity contribution in [2.45, 2.75) is 6.54 Å². The summed E-state index contributed by atoms with van der Waals surface area (Å²) in [7, 11) is 0. The molecule has 0 spiro atoms. The molecule has 0 unspecified atom stereocenters. The van der Waals surface area contributed by atoms with E-state index in [0.29, 0.717) is 6.54 Å². The van der Waals surface area contributed by atoms with Crippen LogP contribution < -0.4 is 0 Å². The molecule has 4 aromatic rings. The van der Waals surface area contributed by atoms with Crippen molar-refractivity contribution < 1.29 is 0 Å². The lowest BCUT2D eigenvalue weighted by atomic mass is 10.0. The molecule has 0 aliphatic rings. The molecular weight excluding hydrogens is 352 g/mol.